The van der Waals surface area contributed by atoms with E-state index in [9.17, 15) is 4.79 Å². The van der Waals surface area contributed by atoms with Crippen molar-refractivity contribution in [3.05, 3.63) is 64.6 Å². The van der Waals surface area contributed by atoms with Gasteiger partial charge in [0, 0.05) is 39.6 Å². The molecule has 0 unspecified atom stereocenters. The van der Waals surface area contributed by atoms with E-state index in [1.54, 1.807) is 13.0 Å². The number of carbonyl (C=O) groups is 1. The second kappa shape index (κ2) is 8.81. The predicted octanol–water partition coefficient (Wildman–Crippen LogP) is 6.08. The number of carbonyl (C=O) groups excluding carboxylic acids is 1. The molecule has 1 aromatic carbocycles. The van der Waals surface area contributed by atoms with Crippen LogP contribution in [0.5, 0.6) is 0 Å². The number of fused-ring (bicyclic) bond motifs is 1. The smallest absolute Gasteiger partial charge is 0.330 e. The molecule has 4 rings (SSSR count). The lowest BCUT2D eigenvalue weighted by molar-refractivity contribution is -0.137. The summed E-state index contributed by atoms with van der Waals surface area (Å²) < 4.78 is 7.66. The molecule has 152 valence electrons. The molecule has 0 fully saturated rings. The summed E-state index contributed by atoms with van der Waals surface area (Å²) in [6.07, 6.45) is 5.05. The first-order valence-electron chi connectivity index (χ1n) is 9.67. The van der Waals surface area contributed by atoms with Crippen LogP contribution < -0.4 is 0 Å². The third-order valence-electron chi connectivity index (χ3n) is 4.66. The maximum absolute atomic E-state index is 12.1. The summed E-state index contributed by atoms with van der Waals surface area (Å²) in [5.41, 5.74) is 4.31. The molecule has 0 saturated heterocycles. The van der Waals surface area contributed by atoms with Gasteiger partial charge < -0.3 is 4.74 Å². The summed E-state index contributed by atoms with van der Waals surface area (Å²) in [6.45, 7) is 4.84. The zero-order valence-corrected chi connectivity index (χ0v) is 18.2. The maximum atomic E-state index is 12.1. The Kier molecular flexibility index (Phi) is 5.97. The van der Waals surface area contributed by atoms with Crippen LogP contribution in [0.3, 0.4) is 0 Å². The molecular formula is C23H20ClN3O2S. The summed E-state index contributed by atoms with van der Waals surface area (Å²) in [6, 6.07) is 13.8. The van der Waals surface area contributed by atoms with Gasteiger partial charge in [0.25, 0.3) is 0 Å². The molecule has 7 heteroatoms. The van der Waals surface area contributed by atoms with Crippen molar-refractivity contribution in [1.82, 2.24) is 14.8 Å². The van der Waals surface area contributed by atoms with E-state index < -0.39 is 5.97 Å². The van der Waals surface area contributed by atoms with Crippen LogP contribution in [0.1, 0.15) is 19.4 Å². The van der Waals surface area contributed by atoms with E-state index in [2.05, 4.69) is 5.10 Å². The highest BCUT2D eigenvalue weighted by atomic mass is 35.5. The van der Waals surface area contributed by atoms with Crippen molar-refractivity contribution in [2.75, 3.05) is 6.61 Å². The number of ether oxygens (including phenoxy) is 1. The second-order valence-electron chi connectivity index (χ2n) is 6.50. The number of aromatic nitrogens is 3. The SMILES string of the molecule is CCOC(=O)/C=C/c1c(-c2ccccc2)nc2c(cnn2CC)c1-c1ccc(Cl)s1. The van der Waals surface area contributed by atoms with Crippen LogP contribution in [0, 0.1) is 0 Å². The van der Waals surface area contributed by atoms with Crippen LogP contribution in [0.25, 0.3) is 38.8 Å². The number of rotatable bonds is 6. The molecule has 4 aromatic rings. The van der Waals surface area contributed by atoms with Crippen molar-refractivity contribution >= 4 is 46.0 Å². The molecule has 0 atom stereocenters. The van der Waals surface area contributed by atoms with Gasteiger partial charge >= 0.3 is 5.97 Å². The lowest BCUT2D eigenvalue weighted by atomic mass is 9.97. The maximum Gasteiger partial charge on any atom is 0.330 e. The van der Waals surface area contributed by atoms with E-state index >= 15 is 0 Å². The van der Waals surface area contributed by atoms with Crippen LogP contribution in [0.4, 0.5) is 0 Å². The lowest BCUT2D eigenvalue weighted by Crippen LogP contribution is -2.02. The van der Waals surface area contributed by atoms with Gasteiger partial charge in [0.2, 0.25) is 0 Å². The summed E-state index contributed by atoms with van der Waals surface area (Å²) in [5, 5.41) is 5.43. The molecule has 3 aromatic heterocycles. The van der Waals surface area contributed by atoms with Gasteiger partial charge in [0.05, 0.1) is 22.8 Å². The summed E-state index contributed by atoms with van der Waals surface area (Å²) in [7, 11) is 0. The van der Waals surface area contributed by atoms with Gasteiger partial charge in [0.15, 0.2) is 5.65 Å². The van der Waals surface area contributed by atoms with Crippen molar-refractivity contribution in [3.63, 3.8) is 0 Å². The molecule has 0 spiro atoms. The van der Waals surface area contributed by atoms with Crippen molar-refractivity contribution in [3.8, 4) is 21.7 Å². The van der Waals surface area contributed by atoms with Crippen LogP contribution >= 0.6 is 22.9 Å². The second-order valence-corrected chi connectivity index (χ2v) is 8.22. The normalized spacial score (nSPS) is 11.4. The largest absolute Gasteiger partial charge is 0.463 e. The Bertz CT molecular complexity index is 1230. The molecule has 0 saturated carbocycles. The lowest BCUT2D eigenvalue weighted by Gasteiger charge is -2.13. The number of hydrogen-bond donors (Lipinski definition) is 0. The first kappa shape index (κ1) is 20.3. The number of thiophene rings is 1. The number of hydrogen-bond acceptors (Lipinski definition) is 5. The summed E-state index contributed by atoms with van der Waals surface area (Å²) in [4.78, 5) is 18.0. The zero-order valence-electron chi connectivity index (χ0n) is 16.6. The van der Waals surface area contributed by atoms with Gasteiger partial charge in [-0.15, -0.1) is 11.3 Å². The number of pyridine rings is 1. The number of nitrogens with zero attached hydrogens (tertiary/aromatic N) is 3. The van der Waals surface area contributed by atoms with Gasteiger partial charge in [-0.1, -0.05) is 41.9 Å². The summed E-state index contributed by atoms with van der Waals surface area (Å²) in [5.74, 6) is -0.393. The Balaban J connectivity index is 2.06. The van der Waals surface area contributed by atoms with E-state index in [0.29, 0.717) is 17.5 Å². The Morgan fingerprint density at radius 1 is 1.20 bits per heavy atom. The number of benzene rings is 1. The molecule has 0 amide bonds. The summed E-state index contributed by atoms with van der Waals surface area (Å²) >= 11 is 7.75. The van der Waals surface area contributed by atoms with Crippen molar-refractivity contribution < 1.29 is 9.53 Å². The first-order valence-corrected chi connectivity index (χ1v) is 10.9. The van der Waals surface area contributed by atoms with Gasteiger partial charge in [-0.25, -0.2) is 14.5 Å². The molecule has 0 N–H and O–H groups in total. The minimum absolute atomic E-state index is 0.322. The van der Waals surface area contributed by atoms with Gasteiger partial charge in [-0.05, 0) is 32.1 Å². The van der Waals surface area contributed by atoms with E-state index in [-0.39, 0.29) is 0 Å². The highest BCUT2D eigenvalue weighted by molar-refractivity contribution is 7.19. The Morgan fingerprint density at radius 2 is 2.00 bits per heavy atom. The molecule has 0 aliphatic heterocycles. The van der Waals surface area contributed by atoms with Crippen molar-refractivity contribution in [1.29, 1.82) is 0 Å². The van der Waals surface area contributed by atoms with E-state index in [1.807, 2.05) is 60.3 Å². The highest BCUT2D eigenvalue weighted by Gasteiger charge is 2.20. The van der Waals surface area contributed by atoms with Gasteiger partial charge in [0.1, 0.15) is 0 Å². The molecule has 0 bridgehead atoms. The Hall–Kier alpha value is -2.96. The van der Waals surface area contributed by atoms with E-state index in [0.717, 1.165) is 38.3 Å². The van der Waals surface area contributed by atoms with Crippen LogP contribution in [0.15, 0.2) is 54.7 Å². The highest BCUT2D eigenvalue weighted by Crippen LogP contribution is 2.41. The molecule has 3 heterocycles. The third-order valence-corrected chi connectivity index (χ3v) is 5.91. The molecule has 0 radical (unpaired) electrons. The minimum atomic E-state index is -0.393. The topological polar surface area (TPSA) is 57.0 Å². The van der Waals surface area contributed by atoms with Crippen LogP contribution in [-0.2, 0) is 16.1 Å². The first-order chi connectivity index (χ1) is 14.6. The number of aryl methyl sites for hydroxylation is 1. The predicted molar refractivity (Wildman–Crippen MR) is 123 cm³/mol. The molecule has 0 aliphatic carbocycles. The van der Waals surface area contributed by atoms with Crippen LogP contribution in [0.2, 0.25) is 4.34 Å². The van der Waals surface area contributed by atoms with Crippen LogP contribution in [-0.4, -0.2) is 27.3 Å². The average Bonchev–Trinajstić information content (AvgIpc) is 3.37. The van der Waals surface area contributed by atoms with Crippen molar-refractivity contribution in [2.24, 2.45) is 0 Å². The zero-order chi connectivity index (χ0) is 21.1. The number of esters is 1. The molecule has 30 heavy (non-hydrogen) atoms. The average molecular weight is 438 g/mol. The van der Waals surface area contributed by atoms with Crippen molar-refractivity contribution in [2.45, 2.75) is 20.4 Å². The Labute approximate surface area is 183 Å². The fraction of sp³-hybridized carbons (Fsp3) is 0.174. The fourth-order valence-electron chi connectivity index (χ4n) is 3.37. The molecular weight excluding hydrogens is 418 g/mol. The standard InChI is InChI=1S/C23H20ClN3O2S/c1-3-27-23-17(14-25-27)21(18-11-12-19(24)30-18)16(10-13-20(28)29-4-2)22(26-23)15-8-6-5-7-9-15/h5-14H,3-4H2,1-2H3/b13-10+. The quantitative estimate of drug-likeness (QED) is 0.271. The number of halogens is 1. The van der Waals surface area contributed by atoms with Gasteiger partial charge in [-0.3, -0.25) is 0 Å². The van der Waals surface area contributed by atoms with Gasteiger partial charge in [-0.2, -0.15) is 5.10 Å². The molecule has 0 aliphatic rings. The minimum Gasteiger partial charge on any atom is -0.463 e. The molecule has 5 nitrogen and oxygen atoms in total. The van der Waals surface area contributed by atoms with E-state index in [1.165, 1.54) is 17.4 Å². The van der Waals surface area contributed by atoms with E-state index in [4.69, 9.17) is 21.3 Å². The monoisotopic (exact) mass is 437 g/mol. The fourth-order valence-corrected chi connectivity index (χ4v) is 4.48. The third kappa shape index (κ3) is 3.88. The Morgan fingerprint density at radius 3 is 2.67 bits per heavy atom.